The van der Waals surface area contributed by atoms with Crippen molar-refractivity contribution in [1.29, 1.82) is 0 Å². The molecule has 0 unspecified atom stereocenters. The number of hydrogen-bond acceptors (Lipinski definition) is 5. The monoisotopic (exact) mass is 261 g/mol. The number of hydrogen-bond donors (Lipinski definition) is 4. The normalized spacial score (nSPS) is 10.1. The fourth-order valence-corrected chi connectivity index (χ4v) is 1.48. The number of rotatable bonds is 4. The number of H-pyrrole nitrogens is 1. The van der Waals surface area contributed by atoms with E-state index in [2.05, 4.69) is 20.7 Å². The van der Waals surface area contributed by atoms with Crippen molar-refractivity contribution >= 4 is 23.4 Å². The largest absolute Gasteiger partial charge is 0.481 e. The Morgan fingerprint density at radius 2 is 1.95 bits per heavy atom. The maximum atomic E-state index is 11.8. The van der Waals surface area contributed by atoms with Crippen LogP contribution in [0.4, 0.5) is 11.5 Å². The molecule has 98 valence electrons. The van der Waals surface area contributed by atoms with Gasteiger partial charge in [0.05, 0.1) is 6.42 Å². The Bertz CT molecular complexity index is 605. The number of nitrogen functional groups attached to an aromatic ring is 1. The minimum Gasteiger partial charge on any atom is -0.481 e. The first-order valence-electron chi connectivity index (χ1n) is 5.34. The van der Waals surface area contributed by atoms with Crippen molar-refractivity contribution in [1.82, 2.24) is 15.4 Å². The second-order valence-electron chi connectivity index (χ2n) is 3.78. The molecule has 2 aromatic rings. The number of amides is 1. The minimum absolute atomic E-state index is 0.00890. The van der Waals surface area contributed by atoms with Crippen LogP contribution in [0.1, 0.15) is 16.1 Å². The van der Waals surface area contributed by atoms with E-state index >= 15 is 0 Å². The lowest BCUT2D eigenvalue weighted by Crippen LogP contribution is -2.14. The molecule has 0 aliphatic rings. The summed E-state index contributed by atoms with van der Waals surface area (Å²) in [5, 5.41) is 20.6. The first-order chi connectivity index (χ1) is 9.06. The van der Waals surface area contributed by atoms with E-state index in [1.165, 1.54) is 0 Å². The number of aromatic nitrogens is 3. The molecule has 0 bridgehead atoms. The number of nitrogens with two attached hydrogens (primary N) is 1. The second kappa shape index (κ2) is 5.17. The molecule has 2 rings (SSSR count). The third kappa shape index (κ3) is 3.06. The molecular weight excluding hydrogens is 250 g/mol. The molecule has 1 heterocycles. The number of nitrogens with one attached hydrogen (secondary N) is 2. The summed E-state index contributed by atoms with van der Waals surface area (Å²) in [5.41, 5.74) is 6.61. The Morgan fingerprint density at radius 3 is 2.47 bits per heavy atom. The number of nitrogens with zero attached hydrogens (tertiary/aromatic N) is 2. The molecule has 0 radical (unpaired) electrons. The molecular formula is C11H11N5O3. The van der Waals surface area contributed by atoms with Gasteiger partial charge in [0, 0.05) is 5.69 Å². The van der Waals surface area contributed by atoms with Gasteiger partial charge in [0.2, 0.25) is 0 Å². The molecule has 1 amide bonds. The van der Waals surface area contributed by atoms with Crippen LogP contribution < -0.4 is 11.1 Å². The van der Waals surface area contributed by atoms with Crippen LogP contribution in [0.2, 0.25) is 0 Å². The Kier molecular flexibility index (Phi) is 3.42. The number of benzene rings is 1. The van der Waals surface area contributed by atoms with Crippen LogP contribution in [0, 0.1) is 0 Å². The maximum absolute atomic E-state index is 11.8. The molecule has 0 aliphatic heterocycles. The summed E-state index contributed by atoms with van der Waals surface area (Å²) >= 11 is 0. The molecule has 5 N–H and O–H groups in total. The van der Waals surface area contributed by atoms with Crippen LogP contribution in [-0.2, 0) is 11.2 Å². The van der Waals surface area contributed by atoms with Crippen molar-refractivity contribution in [3.8, 4) is 0 Å². The molecule has 0 fully saturated rings. The van der Waals surface area contributed by atoms with Gasteiger partial charge in [-0.1, -0.05) is 12.1 Å². The van der Waals surface area contributed by atoms with Crippen molar-refractivity contribution in [2.45, 2.75) is 6.42 Å². The topological polar surface area (TPSA) is 134 Å². The molecule has 1 aromatic carbocycles. The molecule has 8 heteroatoms. The second-order valence-corrected chi connectivity index (χ2v) is 3.78. The molecule has 0 aliphatic carbocycles. The molecule has 0 saturated carbocycles. The van der Waals surface area contributed by atoms with Gasteiger partial charge in [-0.3, -0.25) is 9.59 Å². The summed E-state index contributed by atoms with van der Waals surface area (Å²) in [4.78, 5) is 22.3. The van der Waals surface area contributed by atoms with Crippen LogP contribution in [0.3, 0.4) is 0 Å². The van der Waals surface area contributed by atoms with Gasteiger partial charge in [-0.25, -0.2) is 0 Å². The van der Waals surface area contributed by atoms with E-state index < -0.39 is 11.9 Å². The standard InChI is InChI=1S/C11H11N5O3/c12-10-9(14-16-15-10)11(19)13-7-3-1-6(2-4-7)5-8(17)18/h1-4H,5H2,(H,13,19)(H,17,18)(H3,12,14,15,16). The van der Waals surface area contributed by atoms with Gasteiger partial charge in [0.25, 0.3) is 5.91 Å². The van der Waals surface area contributed by atoms with Gasteiger partial charge in [-0.2, -0.15) is 5.21 Å². The van der Waals surface area contributed by atoms with Crippen LogP contribution in [0.25, 0.3) is 0 Å². The summed E-state index contributed by atoms with van der Waals surface area (Å²) in [6.45, 7) is 0. The third-order valence-electron chi connectivity index (χ3n) is 2.36. The Hall–Kier alpha value is -2.90. The van der Waals surface area contributed by atoms with Crippen LogP contribution >= 0.6 is 0 Å². The average molecular weight is 261 g/mol. The highest BCUT2D eigenvalue weighted by atomic mass is 16.4. The van der Waals surface area contributed by atoms with Gasteiger partial charge in [-0.15, -0.1) is 10.2 Å². The fourth-order valence-electron chi connectivity index (χ4n) is 1.48. The summed E-state index contributed by atoms with van der Waals surface area (Å²) < 4.78 is 0. The number of carbonyl (C=O) groups is 2. The van der Waals surface area contributed by atoms with Crippen LogP contribution in [0.15, 0.2) is 24.3 Å². The Morgan fingerprint density at radius 1 is 1.26 bits per heavy atom. The zero-order valence-corrected chi connectivity index (χ0v) is 9.75. The van der Waals surface area contributed by atoms with Crippen molar-refractivity contribution in [2.24, 2.45) is 0 Å². The number of carboxylic acid groups (broad SMARTS) is 1. The third-order valence-corrected chi connectivity index (χ3v) is 2.36. The van der Waals surface area contributed by atoms with E-state index in [0.717, 1.165) is 0 Å². The predicted molar refractivity (Wildman–Crippen MR) is 66.5 cm³/mol. The van der Waals surface area contributed by atoms with Gasteiger partial charge in [-0.05, 0) is 17.7 Å². The smallest absolute Gasteiger partial charge is 0.307 e. The van der Waals surface area contributed by atoms with Crippen molar-refractivity contribution in [3.05, 3.63) is 35.5 Å². The SMILES string of the molecule is Nc1n[nH]nc1C(=O)Nc1ccc(CC(=O)O)cc1. The number of carbonyl (C=O) groups excluding carboxylic acids is 1. The van der Waals surface area contributed by atoms with Gasteiger partial charge < -0.3 is 16.2 Å². The number of aliphatic carboxylic acids is 1. The first-order valence-corrected chi connectivity index (χ1v) is 5.34. The van der Waals surface area contributed by atoms with E-state index in [-0.39, 0.29) is 17.9 Å². The lowest BCUT2D eigenvalue weighted by molar-refractivity contribution is -0.136. The first kappa shape index (κ1) is 12.6. The van der Waals surface area contributed by atoms with Crippen molar-refractivity contribution < 1.29 is 14.7 Å². The van der Waals surface area contributed by atoms with Gasteiger partial charge in [0.1, 0.15) is 0 Å². The summed E-state index contributed by atoms with van der Waals surface area (Å²) in [5.74, 6) is -1.38. The Labute approximate surface area is 107 Å². The Balaban J connectivity index is 2.06. The van der Waals surface area contributed by atoms with Gasteiger partial charge in [0.15, 0.2) is 11.5 Å². The van der Waals surface area contributed by atoms with E-state index in [1.54, 1.807) is 24.3 Å². The quantitative estimate of drug-likeness (QED) is 0.624. The lowest BCUT2D eigenvalue weighted by atomic mass is 10.1. The van der Waals surface area contributed by atoms with Crippen molar-refractivity contribution in [2.75, 3.05) is 11.1 Å². The fraction of sp³-hybridized carbons (Fsp3) is 0.0909. The highest BCUT2D eigenvalue weighted by molar-refractivity contribution is 6.05. The average Bonchev–Trinajstić information content (AvgIpc) is 2.77. The molecule has 19 heavy (non-hydrogen) atoms. The van der Waals surface area contributed by atoms with E-state index in [1.807, 2.05) is 0 Å². The van der Waals surface area contributed by atoms with E-state index in [0.29, 0.717) is 11.3 Å². The highest BCUT2D eigenvalue weighted by Gasteiger charge is 2.14. The molecule has 0 saturated heterocycles. The number of carboxylic acids is 1. The summed E-state index contributed by atoms with van der Waals surface area (Å²) in [6.07, 6.45) is -0.0650. The predicted octanol–water partition coefficient (Wildman–Crippen LogP) is 0.266. The van der Waals surface area contributed by atoms with Crippen LogP contribution in [-0.4, -0.2) is 32.4 Å². The summed E-state index contributed by atoms with van der Waals surface area (Å²) in [7, 11) is 0. The van der Waals surface area contributed by atoms with E-state index in [4.69, 9.17) is 10.8 Å². The minimum atomic E-state index is -0.910. The highest BCUT2D eigenvalue weighted by Crippen LogP contribution is 2.12. The zero-order valence-electron chi connectivity index (χ0n) is 9.75. The van der Waals surface area contributed by atoms with Crippen LogP contribution in [0.5, 0.6) is 0 Å². The summed E-state index contributed by atoms with van der Waals surface area (Å²) in [6, 6.07) is 6.45. The van der Waals surface area contributed by atoms with E-state index in [9.17, 15) is 9.59 Å². The zero-order chi connectivity index (χ0) is 13.8. The molecule has 8 nitrogen and oxygen atoms in total. The molecule has 0 atom stereocenters. The molecule has 1 aromatic heterocycles. The van der Waals surface area contributed by atoms with Crippen molar-refractivity contribution in [3.63, 3.8) is 0 Å². The number of anilines is 2. The maximum Gasteiger partial charge on any atom is 0.307 e. The number of aromatic amines is 1. The lowest BCUT2D eigenvalue weighted by Gasteiger charge is -2.04. The van der Waals surface area contributed by atoms with Gasteiger partial charge >= 0.3 is 5.97 Å². The molecule has 0 spiro atoms.